The summed E-state index contributed by atoms with van der Waals surface area (Å²) in [5.74, 6) is 0.509. The number of hydrogen-bond acceptors (Lipinski definition) is 3. The van der Waals surface area contributed by atoms with Crippen molar-refractivity contribution in [2.24, 2.45) is 0 Å². The molecule has 0 amide bonds. The van der Waals surface area contributed by atoms with Crippen molar-refractivity contribution < 1.29 is 9.31 Å². The summed E-state index contributed by atoms with van der Waals surface area (Å²) in [6.07, 6.45) is 4.88. The predicted octanol–water partition coefficient (Wildman–Crippen LogP) is 2.89. The van der Waals surface area contributed by atoms with E-state index in [1.54, 1.807) is 0 Å². The SMILES string of the molecule is CCC(C)c1cncc(B2OC(C)(C)C(C)(C)O2)c1. The summed E-state index contributed by atoms with van der Waals surface area (Å²) < 4.78 is 12.1. The van der Waals surface area contributed by atoms with Gasteiger partial charge in [0.1, 0.15) is 0 Å². The lowest BCUT2D eigenvalue weighted by molar-refractivity contribution is 0.00578. The molecule has 104 valence electrons. The lowest BCUT2D eigenvalue weighted by Gasteiger charge is -2.32. The van der Waals surface area contributed by atoms with E-state index in [2.05, 4.69) is 52.6 Å². The Bertz CT molecular complexity index is 443. The minimum Gasteiger partial charge on any atom is -0.399 e. The normalized spacial score (nSPS) is 22.5. The molecule has 1 aromatic rings. The summed E-state index contributed by atoms with van der Waals surface area (Å²) in [6.45, 7) is 12.7. The van der Waals surface area contributed by atoms with E-state index in [9.17, 15) is 0 Å². The van der Waals surface area contributed by atoms with Crippen molar-refractivity contribution in [3.05, 3.63) is 24.0 Å². The number of hydrogen-bond donors (Lipinski definition) is 0. The fourth-order valence-corrected chi connectivity index (χ4v) is 2.09. The first-order valence-corrected chi connectivity index (χ1v) is 7.07. The van der Waals surface area contributed by atoms with Crippen LogP contribution in [-0.2, 0) is 9.31 Å². The average molecular weight is 261 g/mol. The molecule has 0 aliphatic carbocycles. The maximum absolute atomic E-state index is 6.06. The van der Waals surface area contributed by atoms with Crippen LogP contribution >= 0.6 is 0 Å². The quantitative estimate of drug-likeness (QED) is 0.784. The smallest absolute Gasteiger partial charge is 0.399 e. The molecule has 1 aromatic heterocycles. The van der Waals surface area contributed by atoms with E-state index in [1.807, 2.05) is 12.4 Å². The fraction of sp³-hybridized carbons (Fsp3) is 0.667. The Morgan fingerprint density at radius 3 is 2.26 bits per heavy atom. The van der Waals surface area contributed by atoms with Gasteiger partial charge in [-0.1, -0.05) is 19.9 Å². The minimum absolute atomic E-state index is 0.302. The first kappa shape index (κ1) is 14.5. The largest absolute Gasteiger partial charge is 0.496 e. The molecule has 1 aliphatic rings. The number of nitrogens with zero attached hydrogens (tertiary/aromatic N) is 1. The molecule has 0 radical (unpaired) electrons. The van der Waals surface area contributed by atoms with Crippen molar-refractivity contribution in [3.63, 3.8) is 0 Å². The summed E-state index contributed by atoms with van der Waals surface area (Å²) >= 11 is 0. The van der Waals surface area contributed by atoms with Crippen LogP contribution in [-0.4, -0.2) is 23.3 Å². The van der Waals surface area contributed by atoms with Gasteiger partial charge >= 0.3 is 7.12 Å². The zero-order valence-corrected chi connectivity index (χ0v) is 12.9. The molecule has 3 nitrogen and oxygen atoms in total. The summed E-state index contributed by atoms with van der Waals surface area (Å²) in [4.78, 5) is 4.33. The highest BCUT2D eigenvalue weighted by Crippen LogP contribution is 2.36. The van der Waals surface area contributed by atoms with Crippen LogP contribution in [0.2, 0.25) is 0 Å². The first-order chi connectivity index (χ1) is 8.77. The highest BCUT2D eigenvalue weighted by Gasteiger charge is 2.51. The van der Waals surface area contributed by atoms with Crippen LogP contribution in [0.25, 0.3) is 0 Å². The molecule has 1 unspecified atom stereocenters. The maximum Gasteiger partial charge on any atom is 0.496 e. The number of pyridine rings is 1. The molecule has 1 aliphatic heterocycles. The van der Waals surface area contributed by atoms with E-state index >= 15 is 0 Å². The molecule has 1 atom stereocenters. The number of rotatable bonds is 3. The second kappa shape index (κ2) is 4.91. The van der Waals surface area contributed by atoms with Crippen molar-refractivity contribution in [1.29, 1.82) is 0 Å². The third-order valence-electron chi connectivity index (χ3n) is 4.49. The van der Waals surface area contributed by atoms with Gasteiger partial charge in [0.15, 0.2) is 0 Å². The summed E-state index contributed by atoms with van der Waals surface area (Å²) in [7, 11) is -0.318. The second-order valence-electron chi connectivity index (χ2n) is 6.45. The number of aromatic nitrogens is 1. The summed E-state index contributed by atoms with van der Waals surface area (Å²) in [6, 6.07) is 2.16. The summed E-state index contributed by atoms with van der Waals surface area (Å²) in [5, 5.41) is 0. The van der Waals surface area contributed by atoms with E-state index in [4.69, 9.17) is 9.31 Å². The molecule has 1 fully saturated rings. The van der Waals surface area contributed by atoms with E-state index in [-0.39, 0.29) is 18.3 Å². The standard InChI is InChI=1S/C15H24BNO2/c1-7-11(2)12-8-13(10-17-9-12)16-18-14(3,4)15(5,6)19-16/h8-11H,7H2,1-6H3. The van der Waals surface area contributed by atoms with E-state index < -0.39 is 0 Å². The van der Waals surface area contributed by atoms with Crippen LogP contribution in [0.4, 0.5) is 0 Å². The van der Waals surface area contributed by atoms with E-state index in [0.29, 0.717) is 5.92 Å². The third-order valence-corrected chi connectivity index (χ3v) is 4.49. The van der Waals surface area contributed by atoms with Gasteiger partial charge in [-0.25, -0.2) is 0 Å². The molecule has 1 saturated heterocycles. The molecule has 19 heavy (non-hydrogen) atoms. The highest BCUT2D eigenvalue weighted by molar-refractivity contribution is 6.62. The van der Waals surface area contributed by atoms with Gasteiger partial charge in [0, 0.05) is 17.9 Å². The van der Waals surface area contributed by atoms with Crippen molar-refractivity contribution in [2.75, 3.05) is 0 Å². The van der Waals surface area contributed by atoms with Crippen molar-refractivity contribution in [1.82, 2.24) is 4.98 Å². The zero-order valence-electron chi connectivity index (χ0n) is 12.9. The molecule has 2 heterocycles. The van der Waals surface area contributed by atoms with Gasteiger partial charge < -0.3 is 9.31 Å². The van der Waals surface area contributed by atoms with Crippen LogP contribution in [0, 0.1) is 0 Å². The van der Waals surface area contributed by atoms with Crippen LogP contribution in [0.3, 0.4) is 0 Å². The van der Waals surface area contributed by atoms with Gasteiger partial charge in [0.05, 0.1) is 11.2 Å². The molecule has 0 spiro atoms. The van der Waals surface area contributed by atoms with Crippen LogP contribution < -0.4 is 5.46 Å². The molecular formula is C15H24BNO2. The molecule has 4 heteroatoms. The van der Waals surface area contributed by atoms with Gasteiger partial charge in [0.2, 0.25) is 0 Å². The average Bonchev–Trinajstić information content (AvgIpc) is 2.58. The van der Waals surface area contributed by atoms with Crippen LogP contribution in [0.5, 0.6) is 0 Å². The Balaban J connectivity index is 2.25. The Morgan fingerprint density at radius 2 is 1.74 bits per heavy atom. The van der Waals surface area contributed by atoms with Crippen molar-refractivity contribution in [2.45, 2.75) is 65.1 Å². The monoisotopic (exact) mass is 261 g/mol. The van der Waals surface area contributed by atoms with Crippen molar-refractivity contribution in [3.8, 4) is 0 Å². The molecule has 0 N–H and O–H groups in total. The van der Waals surface area contributed by atoms with Crippen LogP contribution in [0.1, 0.15) is 59.4 Å². The maximum atomic E-state index is 6.06. The second-order valence-corrected chi connectivity index (χ2v) is 6.45. The van der Waals surface area contributed by atoms with E-state index in [1.165, 1.54) is 5.56 Å². The molecule has 0 saturated carbocycles. The van der Waals surface area contributed by atoms with E-state index in [0.717, 1.165) is 11.9 Å². The van der Waals surface area contributed by atoms with Gasteiger partial charge in [-0.15, -0.1) is 0 Å². The molecular weight excluding hydrogens is 237 g/mol. The molecule has 0 bridgehead atoms. The van der Waals surface area contributed by atoms with Gasteiger partial charge in [0.25, 0.3) is 0 Å². The van der Waals surface area contributed by atoms with Gasteiger partial charge in [-0.05, 0) is 45.6 Å². The predicted molar refractivity (Wildman–Crippen MR) is 78.7 cm³/mol. The molecule has 2 rings (SSSR count). The minimum atomic E-state index is -0.318. The van der Waals surface area contributed by atoms with Crippen molar-refractivity contribution >= 4 is 12.6 Å². The Hall–Kier alpha value is -0.865. The third kappa shape index (κ3) is 2.70. The Labute approximate surface area is 116 Å². The first-order valence-electron chi connectivity index (χ1n) is 7.07. The topological polar surface area (TPSA) is 31.4 Å². The Morgan fingerprint density at radius 1 is 1.16 bits per heavy atom. The zero-order chi connectivity index (χ0) is 14.3. The lowest BCUT2D eigenvalue weighted by atomic mass is 9.79. The van der Waals surface area contributed by atoms with Gasteiger partial charge in [-0.3, -0.25) is 4.98 Å². The summed E-state index contributed by atoms with van der Waals surface area (Å²) in [5.41, 5.74) is 1.65. The molecule has 0 aromatic carbocycles. The van der Waals surface area contributed by atoms with Gasteiger partial charge in [-0.2, -0.15) is 0 Å². The fourth-order valence-electron chi connectivity index (χ4n) is 2.09. The highest BCUT2D eigenvalue weighted by atomic mass is 16.7. The lowest BCUT2D eigenvalue weighted by Crippen LogP contribution is -2.41. The van der Waals surface area contributed by atoms with Crippen LogP contribution in [0.15, 0.2) is 18.5 Å². The Kier molecular flexibility index (Phi) is 3.76.